The summed E-state index contributed by atoms with van der Waals surface area (Å²) in [5.41, 5.74) is -0.261. The van der Waals surface area contributed by atoms with Crippen LogP contribution < -0.4 is 5.32 Å². The fraction of sp³-hybridized carbons (Fsp3) is 0.412. The second-order valence-corrected chi connectivity index (χ2v) is 11.6. The predicted molar refractivity (Wildman–Crippen MR) is 163 cm³/mol. The fourth-order valence-corrected chi connectivity index (χ4v) is 4.20. The third-order valence-corrected chi connectivity index (χ3v) is 6.59. The molecule has 1 N–H and O–H groups in total. The van der Waals surface area contributed by atoms with E-state index in [2.05, 4.69) is 10.3 Å². The molecular weight excluding hydrogens is 630 g/mol. The van der Waals surface area contributed by atoms with Gasteiger partial charge >= 0.3 is 18.2 Å². The van der Waals surface area contributed by atoms with Gasteiger partial charge in [-0.2, -0.15) is 13.2 Å². The summed E-state index contributed by atoms with van der Waals surface area (Å²) in [6.45, 7) is 10.7. The van der Waals surface area contributed by atoms with E-state index in [1.807, 2.05) is 31.2 Å². The van der Waals surface area contributed by atoms with E-state index in [0.717, 1.165) is 37.2 Å². The zero-order valence-corrected chi connectivity index (χ0v) is 27.2. The number of aromatic nitrogens is 1. The SMILES string of the molecule is CCOC(=O)c1cc(C)c(C(F)(F)C[C@H](NC(=O)OC(C)(C)C)C(C)=O)cc1F.CCc1ccc(-c2ccc(C(F)(F)F)cn2)cc1. The second-order valence-electron chi connectivity index (χ2n) is 11.6. The first kappa shape index (κ1) is 38.8. The average Bonchev–Trinajstić information content (AvgIpc) is 2.96. The van der Waals surface area contributed by atoms with E-state index in [1.54, 1.807) is 20.8 Å². The van der Waals surface area contributed by atoms with Gasteiger partial charge < -0.3 is 14.8 Å². The molecule has 0 saturated carbocycles. The van der Waals surface area contributed by atoms with Crippen LogP contribution in [0.15, 0.2) is 54.7 Å². The molecule has 0 aliphatic carbocycles. The van der Waals surface area contributed by atoms with E-state index in [0.29, 0.717) is 11.8 Å². The Labute approximate surface area is 269 Å². The lowest BCUT2D eigenvalue weighted by atomic mass is 9.94. The van der Waals surface area contributed by atoms with Crippen LogP contribution in [0, 0.1) is 12.7 Å². The minimum Gasteiger partial charge on any atom is -0.462 e. The van der Waals surface area contributed by atoms with Crippen molar-refractivity contribution < 1.29 is 50.2 Å². The summed E-state index contributed by atoms with van der Waals surface area (Å²) in [6, 6.07) is 10.1. The highest BCUT2D eigenvalue weighted by molar-refractivity contribution is 5.90. The summed E-state index contributed by atoms with van der Waals surface area (Å²) >= 11 is 0. The lowest BCUT2D eigenvalue weighted by molar-refractivity contribution is -0.137. The molecule has 1 aromatic heterocycles. The van der Waals surface area contributed by atoms with E-state index in [1.165, 1.54) is 25.5 Å². The molecule has 47 heavy (non-hydrogen) atoms. The van der Waals surface area contributed by atoms with Gasteiger partial charge in [-0.1, -0.05) is 31.2 Å². The number of aryl methyl sites for hydroxylation is 2. The van der Waals surface area contributed by atoms with Gasteiger partial charge in [0, 0.05) is 23.7 Å². The maximum atomic E-state index is 14.8. The lowest BCUT2D eigenvalue weighted by Crippen LogP contribution is -2.45. The molecule has 2 aromatic carbocycles. The number of carbonyl (C=O) groups excluding carboxylic acids is 3. The number of nitrogens with one attached hydrogen (secondary N) is 1. The van der Waals surface area contributed by atoms with Crippen LogP contribution in [0.5, 0.6) is 0 Å². The van der Waals surface area contributed by atoms with Gasteiger partial charge in [0.05, 0.1) is 29.5 Å². The van der Waals surface area contributed by atoms with Crippen molar-refractivity contribution in [3.8, 4) is 11.3 Å². The number of ketones is 1. The number of hydrogen-bond acceptors (Lipinski definition) is 6. The fourth-order valence-electron chi connectivity index (χ4n) is 4.20. The molecule has 0 bridgehead atoms. The van der Waals surface area contributed by atoms with Gasteiger partial charge in [0.25, 0.3) is 5.92 Å². The Morgan fingerprint density at radius 2 is 1.55 bits per heavy atom. The molecule has 0 aliphatic heterocycles. The zero-order valence-electron chi connectivity index (χ0n) is 27.2. The van der Waals surface area contributed by atoms with Crippen LogP contribution in [0.1, 0.15) is 80.6 Å². The molecule has 1 amide bonds. The molecule has 1 atom stereocenters. The number of alkyl carbamates (subject to hydrolysis) is 1. The lowest BCUT2D eigenvalue weighted by Gasteiger charge is -2.26. The number of nitrogens with zero attached hydrogens (tertiary/aromatic N) is 1. The number of carbonyl (C=O) groups is 3. The highest BCUT2D eigenvalue weighted by Gasteiger charge is 2.39. The summed E-state index contributed by atoms with van der Waals surface area (Å²) < 4.78 is 90.8. The Morgan fingerprint density at radius 3 is 2.02 bits per heavy atom. The molecule has 0 radical (unpaired) electrons. The maximum absolute atomic E-state index is 14.8. The summed E-state index contributed by atoms with van der Waals surface area (Å²) in [5, 5.41) is 2.12. The van der Waals surface area contributed by atoms with Crippen LogP contribution in [-0.4, -0.2) is 41.1 Å². The van der Waals surface area contributed by atoms with Crippen LogP contribution in [0.4, 0.5) is 31.1 Å². The number of rotatable bonds is 9. The molecule has 0 spiro atoms. The summed E-state index contributed by atoms with van der Waals surface area (Å²) in [6.07, 6.45) is -4.66. The minimum absolute atomic E-state index is 0.00581. The van der Waals surface area contributed by atoms with Crippen LogP contribution in [0.3, 0.4) is 0 Å². The van der Waals surface area contributed by atoms with Gasteiger partial charge in [0.1, 0.15) is 11.4 Å². The smallest absolute Gasteiger partial charge is 0.417 e. The predicted octanol–water partition coefficient (Wildman–Crippen LogP) is 8.60. The third kappa shape index (κ3) is 11.7. The van der Waals surface area contributed by atoms with E-state index in [9.17, 15) is 40.7 Å². The Kier molecular flexibility index (Phi) is 13.1. The monoisotopic (exact) mass is 668 g/mol. The van der Waals surface area contributed by atoms with Crippen molar-refractivity contribution in [2.75, 3.05) is 6.61 Å². The molecule has 0 unspecified atom stereocenters. The van der Waals surface area contributed by atoms with E-state index in [-0.39, 0.29) is 12.2 Å². The molecular formula is C34H38F6N2O5. The van der Waals surface area contributed by atoms with Crippen molar-refractivity contribution in [2.24, 2.45) is 0 Å². The number of esters is 1. The normalized spacial score (nSPS) is 12.4. The molecule has 0 aliphatic rings. The first-order valence-electron chi connectivity index (χ1n) is 14.7. The first-order chi connectivity index (χ1) is 21.7. The minimum atomic E-state index is -4.34. The van der Waals surface area contributed by atoms with Gasteiger partial charge in [0.15, 0.2) is 5.78 Å². The first-order valence-corrected chi connectivity index (χ1v) is 14.7. The van der Waals surface area contributed by atoms with Crippen molar-refractivity contribution in [1.82, 2.24) is 10.3 Å². The van der Waals surface area contributed by atoms with Crippen molar-refractivity contribution in [1.29, 1.82) is 0 Å². The van der Waals surface area contributed by atoms with Crippen molar-refractivity contribution in [3.05, 3.63) is 88.4 Å². The summed E-state index contributed by atoms with van der Waals surface area (Å²) in [7, 11) is 0. The number of halogens is 6. The average molecular weight is 669 g/mol. The standard InChI is InChI=1S/C20H26F3NO5.C14H12F3N/c1-7-28-17(26)13-8-11(2)14(9-15(13)21)20(22,23)10-16(12(3)25)24-18(27)29-19(4,5)6;1-2-10-3-5-11(6-4-10)13-8-7-12(9-18-13)14(15,16)17/h8-9,16H,7,10H2,1-6H3,(H,24,27);3-9H,2H2,1H3/t16-;/m0./s1. The van der Waals surface area contributed by atoms with Crippen molar-refractivity contribution >= 4 is 17.8 Å². The second kappa shape index (κ2) is 15.9. The number of Topliss-reactive ketones (excluding diaryl/α,β-unsaturated/α-hetero) is 1. The number of hydrogen-bond donors (Lipinski definition) is 1. The Bertz CT molecular complexity index is 1530. The van der Waals surface area contributed by atoms with Crippen LogP contribution in [0.2, 0.25) is 0 Å². The third-order valence-electron chi connectivity index (χ3n) is 6.59. The Balaban J connectivity index is 0.000000363. The van der Waals surface area contributed by atoms with Crippen LogP contribution in [-0.2, 0) is 32.8 Å². The number of ether oxygens (including phenoxy) is 2. The van der Waals surface area contributed by atoms with Gasteiger partial charge in [0.2, 0.25) is 0 Å². The highest BCUT2D eigenvalue weighted by Crippen LogP contribution is 2.36. The van der Waals surface area contributed by atoms with Crippen LogP contribution in [0.25, 0.3) is 11.3 Å². The number of alkyl halides is 5. The largest absolute Gasteiger partial charge is 0.462 e. The van der Waals surface area contributed by atoms with Gasteiger partial charge in [-0.3, -0.25) is 9.78 Å². The highest BCUT2D eigenvalue weighted by atomic mass is 19.4. The zero-order chi connectivity index (χ0) is 35.7. The van der Waals surface area contributed by atoms with Crippen molar-refractivity contribution in [3.63, 3.8) is 0 Å². The van der Waals surface area contributed by atoms with Gasteiger partial charge in [-0.05, 0) is 83.4 Å². The molecule has 3 rings (SSSR count). The molecule has 0 saturated heterocycles. The molecule has 1 heterocycles. The maximum Gasteiger partial charge on any atom is 0.417 e. The van der Waals surface area contributed by atoms with Gasteiger partial charge in [-0.25, -0.2) is 22.8 Å². The topological polar surface area (TPSA) is 94.6 Å². The molecule has 0 fully saturated rings. The van der Waals surface area contributed by atoms with Crippen molar-refractivity contribution in [2.45, 2.75) is 85.0 Å². The Hall–Kier alpha value is -4.42. The number of benzene rings is 2. The summed E-state index contributed by atoms with van der Waals surface area (Å²) in [5.74, 6) is -6.50. The molecule has 3 aromatic rings. The number of amides is 1. The summed E-state index contributed by atoms with van der Waals surface area (Å²) in [4.78, 5) is 39.2. The molecule has 7 nitrogen and oxygen atoms in total. The van der Waals surface area contributed by atoms with E-state index < -0.39 is 70.5 Å². The van der Waals surface area contributed by atoms with Crippen LogP contribution >= 0.6 is 0 Å². The van der Waals surface area contributed by atoms with Gasteiger partial charge in [-0.15, -0.1) is 0 Å². The number of pyridine rings is 1. The van der Waals surface area contributed by atoms with E-state index >= 15 is 0 Å². The molecule has 256 valence electrons. The van der Waals surface area contributed by atoms with E-state index in [4.69, 9.17) is 9.47 Å². The Morgan fingerprint density at radius 1 is 0.936 bits per heavy atom. The quantitative estimate of drug-likeness (QED) is 0.181. The molecule has 13 heteroatoms.